The average molecular weight is 1430 g/mol. The topological polar surface area (TPSA) is 640 Å². The summed E-state index contributed by atoms with van der Waals surface area (Å²) >= 11 is 0. The zero-order valence-electron chi connectivity index (χ0n) is 57.6. The molecule has 0 aliphatic heterocycles. The van der Waals surface area contributed by atoms with Crippen LogP contribution in [0.2, 0.25) is 0 Å². The van der Waals surface area contributed by atoms with Gasteiger partial charge in [-0.1, -0.05) is 72.8 Å². The third kappa shape index (κ3) is 32.1. The van der Waals surface area contributed by atoms with Gasteiger partial charge in [0.15, 0.2) is 11.9 Å². The number of benzene rings is 3. The van der Waals surface area contributed by atoms with Crippen molar-refractivity contribution < 1.29 is 72.5 Å². The fourth-order valence-electron chi connectivity index (χ4n) is 10.0. The van der Waals surface area contributed by atoms with E-state index in [1.54, 1.807) is 54.6 Å². The highest BCUT2D eigenvalue weighted by atomic mass is 16.3. The van der Waals surface area contributed by atoms with Gasteiger partial charge >= 0.3 is 0 Å². The third-order valence-corrected chi connectivity index (χ3v) is 15.6. The lowest BCUT2D eigenvalue weighted by atomic mass is 9.98. The first-order chi connectivity index (χ1) is 48.5. The van der Waals surface area contributed by atoms with Crippen LogP contribution in [0.1, 0.15) is 96.1 Å². The summed E-state index contributed by atoms with van der Waals surface area (Å²) in [5, 5.41) is 52.0. The number of aliphatic hydroxyl groups is 2. The van der Waals surface area contributed by atoms with Crippen molar-refractivity contribution in [3.8, 4) is 0 Å². The maximum absolute atomic E-state index is 14.2. The van der Waals surface area contributed by atoms with Crippen LogP contribution in [0.15, 0.2) is 82.8 Å². The average Bonchev–Trinajstić information content (AvgIpc) is 0.820. The summed E-state index contributed by atoms with van der Waals surface area (Å²) in [6, 6.07) is 7.44. The molecule has 0 aliphatic carbocycles. The van der Waals surface area contributed by atoms with Crippen LogP contribution in [-0.4, -0.2) is 218 Å². The van der Waals surface area contributed by atoms with Crippen LogP contribution in [0.25, 0.3) is 10.8 Å². The molecule has 3 aromatic carbocycles. The Morgan fingerprint density at radius 3 is 1.40 bits per heavy atom. The molecule has 37 heteroatoms. The highest BCUT2D eigenvalue weighted by Gasteiger charge is 2.35. The predicted octanol–water partition coefficient (Wildman–Crippen LogP) is -8.07. The van der Waals surface area contributed by atoms with E-state index >= 15 is 0 Å². The largest absolute Gasteiger partial charge is 0.394 e. The first-order valence-corrected chi connectivity index (χ1v) is 33.4. The SMILES string of the molecule is C[C@H](NC(=O)CNC(=O)[C@@H](NC(=O)[C@H](Cc1cccc2ccccc12)NC(=O)CNC(=O)CNC(=O)[C@@H](N)Cc1ccccc1)[C@@H](C)O)C(=O)N[C@@H](CCCN=C(N)N)C(=O)N[C@@H](CCCCN)C(=O)N[C@@H](CO)C(=O)N[C@@H](C)C(=O)N[C@@H](CCCN=C(N)N)C(=O)N[C@@H](CCCCN)C(N)=O. The van der Waals surface area contributed by atoms with Gasteiger partial charge in [0.2, 0.25) is 76.8 Å². The number of carbonyl (C=O) groups excluding carboxylic acids is 13. The minimum Gasteiger partial charge on any atom is -0.394 e. The Hall–Kier alpha value is -10.6. The summed E-state index contributed by atoms with van der Waals surface area (Å²) in [6.07, 6.45) is 0.173. The fourth-order valence-corrected chi connectivity index (χ4v) is 10.0. The number of aliphatic hydroxyl groups excluding tert-OH is 2. The maximum Gasteiger partial charge on any atom is 0.245 e. The monoisotopic (exact) mass is 1430 g/mol. The summed E-state index contributed by atoms with van der Waals surface area (Å²) < 4.78 is 0. The number of aliphatic imine (C=N–C) groups is 2. The highest BCUT2D eigenvalue weighted by molar-refractivity contribution is 5.99. The summed E-state index contributed by atoms with van der Waals surface area (Å²) in [5.74, 6) is -12.1. The number of nitrogens with one attached hydrogen (secondary N) is 12. The van der Waals surface area contributed by atoms with Gasteiger partial charge in [0.25, 0.3) is 0 Å². The molecule has 562 valence electrons. The number of amides is 13. The highest BCUT2D eigenvalue weighted by Crippen LogP contribution is 2.20. The quantitative estimate of drug-likeness (QED) is 0.0142. The van der Waals surface area contributed by atoms with E-state index in [4.69, 9.17) is 45.9 Å². The molecule has 102 heavy (non-hydrogen) atoms. The number of carbonyl (C=O) groups is 13. The van der Waals surface area contributed by atoms with Crippen molar-refractivity contribution in [1.29, 1.82) is 0 Å². The van der Waals surface area contributed by atoms with Gasteiger partial charge in [0, 0.05) is 19.5 Å². The lowest BCUT2D eigenvalue weighted by Gasteiger charge is -2.26. The number of nitrogens with zero attached hydrogens (tertiary/aromatic N) is 2. The molecule has 3 rings (SSSR count). The molecule has 30 N–H and O–H groups in total. The van der Waals surface area contributed by atoms with Gasteiger partial charge in [-0.3, -0.25) is 72.3 Å². The maximum atomic E-state index is 14.2. The van der Waals surface area contributed by atoms with Gasteiger partial charge in [-0.25, -0.2) is 0 Å². The van der Waals surface area contributed by atoms with E-state index in [0.29, 0.717) is 31.4 Å². The van der Waals surface area contributed by atoms with Crippen molar-refractivity contribution in [2.24, 2.45) is 55.9 Å². The van der Waals surface area contributed by atoms with E-state index < -0.39 is 170 Å². The predicted molar refractivity (Wildman–Crippen MR) is 377 cm³/mol. The van der Waals surface area contributed by atoms with E-state index in [-0.39, 0.29) is 89.3 Å². The molecule has 0 spiro atoms. The van der Waals surface area contributed by atoms with Crippen LogP contribution in [0, 0.1) is 0 Å². The number of hydrogen-bond acceptors (Lipinski definition) is 20. The van der Waals surface area contributed by atoms with Crippen LogP contribution in [0.3, 0.4) is 0 Å². The molecule has 0 fully saturated rings. The van der Waals surface area contributed by atoms with Crippen molar-refractivity contribution in [3.63, 3.8) is 0 Å². The molecule has 0 heterocycles. The Kier molecular flexibility index (Phi) is 38.5. The van der Waals surface area contributed by atoms with Crippen molar-refractivity contribution in [1.82, 2.24) is 63.8 Å². The van der Waals surface area contributed by atoms with Gasteiger partial charge < -0.3 is 120 Å². The van der Waals surface area contributed by atoms with Crippen molar-refractivity contribution >= 4 is 99.5 Å². The number of rotatable bonds is 47. The molecule has 3 aromatic rings. The Morgan fingerprint density at radius 2 is 0.863 bits per heavy atom. The summed E-state index contributed by atoms with van der Waals surface area (Å²) in [4.78, 5) is 183. The molecule has 0 saturated heterocycles. The van der Waals surface area contributed by atoms with Crippen LogP contribution in [0.4, 0.5) is 0 Å². The van der Waals surface area contributed by atoms with E-state index in [1.165, 1.54) is 20.8 Å². The fraction of sp³-hybridized carbons (Fsp3) is 0.523. The number of nitrogens with two attached hydrogens (primary N) is 8. The first kappa shape index (κ1) is 85.6. The zero-order chi connectivity index (χ0) is 75.8. The Bertz CT molecular complexity index is 3350. The van der Waals surface area contributed by atoms with Gasteiger partial charge in [0.05, 0.1) is 38.4 Å². The van der Waals surface area contributed by atoms with Crippen molar-refractivity contribution in [2.75, 3.05) is 52.4 Å². The number of primary amides is 1. The molecule has 0 radical (unpaired) electrons. The van der Waals surface area contributed by atoms with Gasteiger partial charge in [0.1, 0.15) is 54.4 Å². The molecule has 13 amide bonds. The zero-order valence-corrected chi connectivity index (χ0v) is 57.6. The third-order valence-electron chi connectivity index (χ3n) is 15.6. The van der Waals surface area contributed by atoms with E-state index in [2.05, 4.69) is 73.8 Å². The van der Waals surface area contributed by atoms with Gasteiger partial charge in [-0.05, 0) is 126 Å². The molecule has 0 aromatic heterocycles. The molecular formula is C65H102N22O15. The molecular weight excluding hydrogens is 1330 g/mol. The lowest BCUT2D eigenvalue weighted by Crippen LogP contribution is -2.60. The molecule has 0 aliphatic rings. The van der Waals surface area contributed by atoms with E-state index in [0.717, 1.165) is 16.3 Å². The first-order valence-electron chi connectivity index (χ1n) is 33.4. The standard InChI is InChI=1S/C65H102N22O15/c1-36(79-51(91)34-78-63(102)53(38(3)89)87-61(100)48(31-41-20-13-19-40-18-7-8-21-42(40)41)81-52(92)33-76-50(90)32-77-57(96)43(68)30-39-16-5-4-6-17-39)55(94)83-47(25-15-29-75-65(72)73)59(98)85-45(23-10-12-27-67)60(99)86-49(35-88)62(101)80-37(2)56(95)84-46(24-14-28-74-64(70)71)58(97)82-44(54(69)93)22-9-11-26-66/h4-8,13,16-21,36-38,43-49,53,88-89H,9-12,14-15,22-35,66-68H2,1-3H3,(H2,69,93)(H,76,90)(H,77,96)(H,78,102)(H,79,91)(H,80,101)(H,81,92)(H,82,97)(H,83,94)(H,84,95)(H,85,98)(H,86,99)(H,87,100)(H4,70,71,74)(H4,72,73,75)/t36-,37-,38+,43-,44-,45-,46-,47-,48-,49-,53-/m0/s1. The summed E-state index contributed by atoms with van der Waals surface area (Å²) in [5.41, 5.74) is 46.1. The number of guanidine groups is 2. The van der Waals surface area contributed by atoms with Crippen LogP contribution >= 0.6 is 0 Å². The molecule has 0 bridgehead atoms. The Labute approximate surface area is 590 Å². The minimum atomic E-state index is -1.74. The molecule has 11 atom stereocenters. The second kappa shape index (κ2) is 45.9. The second-order valence-corrected chi connectivity index (χ2v) is 24.1. The van der Waals surface area contributed by atoms with Gasteiger partial charge in [-0.2, -0.15) is 0 Å². The molecule has 0 unspecified atom stereocenters. The minimum absolute atomic E-state index is 0.0277. The molecule has 37 nitrogen and oxygen atoms in total. The van der Waals surface area contributed by atoms with Crippen molar-refractivity contribution in [3.05, 3.63) is 83.9 Å². The lowest BCUT2D eigenvalue weighted by molar-refractivity contribution is -0.136. The Balaban J connectivity index is 1.72. The number of unbranched alkanes of at least 4 members (excludes halogenated alkanes) is 2. The smallest absolute Gasteiger partial charge is 0.245 e. The van der Waals surface area contributed by atoms with Crippen LogP contribution in [-0.2, 0) is 75.2 Å². The number of fused-ring (bicyclic) bond motifs is 1. The Morgan fingerprint density at radius 1 is 0.422 bits per heavy atom. The second-order valence-electron chi connectivity index (χ2n) is 24.1. The van der Waals surface area contributed by atoms with Crippen LogP contribution < -0.4 is 110 Å². The summed E-state index contributed by atoms with van der Waals surface area (Å²) in [6.45, 7) is 1.20. The summed E-state index contributed by atoms with van der Waals surface area (Å²) in [7, 11) is 0. The molecule has 0 saturated carbocycles. The van der Waals surface area contributed by atoms with E-state index in [9.17, 15) is 72.5 Å². The van der Waals surface area contributed by atoms with Crippen molar-refractivity contribution in [2.45, 2.75) is 164 Å². The normalized spacial score (nSPS) is 14.2. The van der Waals surface area contributed by atoms with E-state index in [1.807, 2.05) is 18.2 Å². The number of hydrogen-bond donors (Lipinski definition) is 22. The van der Waals surface area contributed by atoms with Crippen LogP contribution in [0.5, 0.6) is 0 Å². The van der Waals surface area contributed by atoms with Gasteiger partial charge in [-0.15, -0.1) is 0 Å².